The Morgan fingerprint density at radius 1 is 1.31 bits per heavy atom. The number of aromatic nitrogens is 1. The molecule has 0 saturated carbocycles. The van der Waals surface area contributed by atoms with E-state index in [1.165, 1.54) is 22.0 Å². The van der Waals surface area contributed by atoms with Crippen LogP contribution >= 0.6 is 0 Å². The summed E-state index contributed by atoms with van der Waals surface area (Å²) < 4.78 is 2.28. The summed E-state index contributed by atoms with van der Waals surface area (Å²) >= 11 is 0. The van der Waals surface area contributed by atoms with Gasteiger partial charge in [-0.15, -0.1) is 0 Å². The molecule has 1 aromatic carbocycles. The smallest absolute Gasteiger partial charge is 0.0486 e. The van der Waals surface area contributed by atoms with Crippen LogP contribution in [0.1, 0.15) is 30.9 Å². The lowest BCUT2D eigenvalue weighted by atomic mass is 10.0. The second-order valence-corrected chi connectivity index (χ2v) is 4.74. The molecule has 0 saturated heterocycles. The Kier molecular flexibility index (Phi) is 3.01. The minimum absolute atomic E-state index is 0.559. The van der Waals surface area contributed by atoms with E-state index >= 15 is 0 Å². The molecule has 0 atom stereocenters. The van der Waals surface area contributed by atoms with Crippen LogP contribution in [0.3, 0.4) is 0 Å². The Morgan fingerprint density at radius 2 is 2.06 bits per heavy atom. The predicted octanol–water partition coefficient (Wildman–Crippen LogP) is 3.03. The van der Waals surface area contributed by atoms with E-state index in [2.05, 4.69) is 49.7 Å². The van der Waals surface area contributed by atoms with Crippen molar-refractivity contribution in [3.05, 3.63) is 35.5 Å². The number of aryl methyl sites for hydroxylation is 1. The first-order valence-corrected chi connectivity index (χ1v) is 5.93. The number of nitrogens with zero attached hydrogens (tertiary/aromatic N) is 1. The fourth-order valence-corrected chi connectivity index (χ4v) is 2.21. The van der Waals surface area contributed by atoms with Crippen LogP contribution in [0.5, 0.6) is 0 Å². The van der Waals surface area contributed by atoms with Crippen molar-refractivity contribution >= 4 is 10.9 Å². The van der Waals surface area contributed by atoms with E-state index < -0.39 is 0 Å². The molecule has 86 valence electrons. The van der Waals surface area contributed by atoms with E-state index in [1.807, 2.05) is 0 Å². The molecule has 0 aliphatic heterocycles. The van der Waals surface area contributed by atoms with Crippen LogP contribution in [0.2, 0.25) is 0 Å². The lowest BCUT2D eigenvalue weighted by molar-refractivity contribution is 0.727. The molecule has 0 fully saturated rings. The third-order valence-electron chi connectivity index (χ3n) is 3.06. The number of hydrogen-bond donors (Lipinski definition) is 1. The summed E-state index contributed by atoms with van der Waals surface area (Å²) in [6.45, 7) is 8.19. The molecule has 2 heteroatoms. The zero-order chi connectivity index (χ0) is 11.7. The van der Waals surface area contributed by atoms with Gasteiger partial charge in [0.05, 0.1) is 0 Å². The van der Waals surface area contributed by atoms with Gasteiger partial charge in [-0.25, -0.2) is 0 Å². The van der Waals surface area contributed by atoms with Gasteiger partial charge in [-0.3, -0.25) is 0 Å². The average Bonchev–Trinajstić information content (AvgIpc) is 2.58. The predicted molar refractivity (Wildman–Crippen MR) is 69.8 cm³/mol. The highest BCUT2D eigenvalue weighted by molar-refractivity contribution is 5.85. The van der Waals surface area contributed by atoms with Crippen molar-refractivity contribution in [2.75, 3.05) is 6.54 Å². The zero-order valence-electron chi connectivity index (χ0n) is 10.3. The topological polar surface area (TPSA) is 30.9 Å². The SMILES string of the molecule is Cc1ccc2c(C(C)C)cn(CCN)c2c1. The molecule has 2 nitrogen and oxygen atoms in total. The lowest BCUT2D eigenvalue weighted by Gasteiger charge is -2.03. The normalized spacial score (nSPS) is 11.6. The third kappa shape index (κ3) is 1.85. The maximum Gasteiger partial charge on any atom is 0.0486 e. The second-order valence-electron chi connectivity index (χ2n) is 4.74. The van der Waals surface area contributed by atoms with Gasteiger partial charge in [-0.1, -0.05) is 26.0 Å². The molecule has 0 radical (unpaired) electrons. The second kappa shape index (κ2) is 4.30. The molecular formula is C14H20N2. The van der Waals surface area contributed by atoms with Gasteiger partial charge in [0, 0.05) is 30.2 Å². The Morgan fingerprint density at radius 3 is 2.69 bits per heavy atom. The molecular weight excluding hydrogens is 196 g/mol. The van der Waals surface area contributed by atoms with E-state index in [1.54, 1.807) is 0 Å². The van der Waals surface area contributed by atoms with Crippen molar-refractivity contribution in [2.24, 2.45) is 5.73 Å². The highest BCUT2D eigenvalue weighted by Gasteiger charge is 2.10. The fraction of sp³-hybridized carbons (Fsp3) is 0.429. The lowest BCUT2D eigenvalue weighted by Crippen LogP contribution is -2.08. The van der Waals surface area contributed by atoms with E-state index in [0.717, 1.165) is 6.54 Å². The van der Waals surface area contributed by atoms with E-state index in [9.17, 15) is 0 Å². The van der Waals surface area contributed by atoms with Gasteiger partial charge in [-0.2, -0.15) is 0 Å². The quantitative estimate of drug-likeness (QED) is 0.840. The number of benzene rings is 1. The summed E-state index contributed by atoms with van der Waals surface area (Å²) in [6, 6.07) is 6.66. The van der Waals surface area contributed by atoms with Gasteiger partial charge < -0.3 is 10.3 Å². The number of fused-ring (bicyclic) bond motifs is 1. The summed E-state index contributed by atoms with van der Waals surface area (Å²) in [6.07, 6.45) is 2.25. The Balaban J connectivity index is 2.66. The third-order valence-corrected chi connectivity index (χ3v) is 3.06. The van der Waals surface area contributed by atoms with E-state index in [0.29, 0.717) is 12.5 Å². The molecule has 0 unspecified atom stereocenters. The molecule has 0 bridgehead atoms. The summed E-state index contributed by atoms with van der Waals surface area (Å²) in [5.74, 6) is 0.559. The fourth-order valence-electron chi connectivity index (χ4n) is 2.21. The molecule has 0 aliphatic carbocycles. The van der Waals surface area contributed by atoms with Gasteiger partial charge >= 0.3 is 0 Å². The van der Waals surface area contributed by atoms with E-state index in [4.69, 9.17) is 5.73 Å². The summed E-state index contributed by atoms with van der Waals surface area (Å²) in [5.41, 5.74) is 9.69. The molecule has 16 heavy (non-hydrogen) atoms. The van der Waals surface area contributed by atoms with Gasteiger partial charge in [0.25, 0.3) is 0 Å². The first-order chi connectivity index (χ1) is 7.63. The van der Waals surface area contributed by atoms with Crippen LogP contribution in [0.4, 0.5) is 0 Å². The van der Waals surface area contributed by atoms with Crippen LogP contribution in [-0.4, -0.2) is 11.1 Å². The molecule has 2 N–H and O–H groups in total. The van der Waals surface area contributed by atoms with Crippen molar-refractivity contribution < 1.29 is 0 Å². The highest BCUT2D eigenvalue weighted by atomic mass is 15.0. The Labute approximate surface area is 97.1 Å². The molecule has 0 spiro atoms. The Hall–Kier alpha value is -1.28. The maximum atomic E-state index is 5.65. The van der Waals surface area contributed by atoms with Crippen molar-refractivity contribution in [3.8, 4) is 0 Å². The van der Waals surface area contributed by atoms with E-state index in [-0.39, 0.29) is 0 Å². The van der Waals surface area contributed by atoms with Gasteiger partial charge in [0.1, 0.15) is 0 Å². The zero-order valence-corrected chi connectivity index (χ0v) is 10.3. The van der Waals surface area contributed by atoms with Crippen LogP contribution in [0, 0.1) is 6.92 Å². The summed E-state index contributed by atoms with van der Waals surface area (Å²) in [5, 5.41) is 1.37. The average molecular weight is 216 g/mol. The largest absolute Gasteiger partial charge is 0.346 e. The molecule has 2 rings (SSSR count). The Bertz CT molecular complexity index is 495. The van der Waals surface area contributed by atoms with Crippen LogP contribution in [-0.2, 0) is 6.54 Å². The van der Waals surface area contributed by atoms with Crippen molar-refractivity contribution in [2.45, 2.75) is 33.2 Å². The van der Waals surface area contributed by atoms with Gasteiger partial charge in [-0.05, 0) is 30.0 Å². The molecule has 0 aliphatic rings. The monoisotopic (exact) mass is 216 g/mol. The van der Waals surface area contributed by atoms with Crippen molar-refractivity contribution in [3.63, 3.8) is 0 Å². The van der Waals surface area contributed by atoms with Crippen LogP contribution < -0.4 is 5.73 Å². The molecule has 2 aromatic rings. The number of hydrogen-bond acceptors (Lipinski definition) is 1. The number of rotatable bonds is 3. The molecule has 1 heterocycles. The molecule has 1 aromatic heterocycles. The first-order valence-electron chi connectivity index (χ1n) is 5.93. The summed E-state index contributed by atoms with van der Waals surface area (Å²) in [4.78, 5) is 0. The minimum Gasteiger partial charge on any atom is -0.346 e. The maximum absolute atomic E-state index is 5.65. The minimum atomic E-state index is 0.559. The van der Waals surface area contributed by atoms with Crippen molar-refractivity contribution in [1.29, 1.82) is 0 Å². The summed E-state index contributed by atoms with van der Waals surface area (Å²) in [7, 11) is 0. The first kappa shape index (κ1) is 11.2. The van der Waals surface area contributed by atoms with Crippen LogP contribution in [0.15, 0.2) is 24.4 Å². The highest BCUT2D eigenvalue weighted by Crippen LogP contribution is 2.28. The number of nitrogens with two attached hydrogens (primary N) is 1. The standard InChI is InChI=1S/C14H20N2/c1-10(2)13-9-16(7-6-15)14-8-11(3)4-5-12(13)14/h4-5,8-10H,6-7,15H2,1-3H3. The molecule has 0 amide bonds. The van der Waals surface area contributed by atoms with Gasteiger partial charge in [0.2, 0.25) is 0 Å². The van der Waals surface area contributed by atoms with Gasteiger partial charge in [0.15, 0.2) is 0 Å². The van der Waals surface area contributed by atoms with Crippen molar-refractivity contribution in [1.82, 2.24) is 4.57 Å². The van der Waals surface area contributed by atoms with Crippen LogP contribution in [0.25, 0.3) is 10.9 Å².